The molecule has 5 rings (SSSR count). The monoisotopic (exact) mass is 500 g/mol. The number of aromatic nitrogens is 2. The van der Waals surface area contributed by atoms with Crippen molar-refractivity contribution in [2.45, 2.75) is 19.0 Å². The largest absolute Gasteiger partial charge is 0.393 e. The number of nitrogens with zero attached hydrogens (tertiary/aromatic N) is 4. The third-order valence-electron chi connectivity index (χ3n) is 6.36. The number of carbonyl (C=O) groups is 1. The lowest BCUT2D eigenvalue weighted by atomic mass is 10.1. The standard InChI is InChI=1S/C25H24F4N6O/c26-18-12-19(14-30-13-18)32-24(36)35-9-2-8-31-22-6-5-21(33-23(22)35)16-3-1-4-20(11-16)34-10-7-17(15-34)25(27,28)29/h1,3-6,11-14,17,31H,2,7-10,15H2,(H,32,36). The van der Waals surface area contributed by atoms with Crippen LogP contribution in [-0.4, -0.2) is 48.4 Å². The first kappa shape index (κ1) is 23.8. The van der Waals surface area contributed by atoms with Crippen molar-refractivity contribution in [3.8, 4) is 11.3 Å². The highest BCUT2D eigenvalue weighted by Crippen LogP contribution is 2.37. The van der Waals surface area contributed by atoms with Gasteiger partial charge in [0.1, 0.15) is 5.82 Å². The van der Waals surface area contributed by atoms with Crippen LogP contribution in [0.25, 0.3) is 11.3 Å². The topological polar surface area (TPSA) is 73.4 Å². The SMILES string of the molecule is O=C(Nc1cncc(F)c1)N1CCCNc2ccc(-c3cccc(N4CCC(C(F)(F)F)C4)c3)nc21. The first-order valence-electron chi connectivity index (χ1n) is 11.6. The summed E-state index contributed by atoms with van der Waals surface area (Å²) in [5.74, 6) is -1.49. The highest BCUT2D eigenvalue weighted by atomic mass is 19.4. The molecule has 4 heterocycles. The summed E-state index contributed by atoms with van der Waals surface area (Å²) in [7, 11) is 0. The Balaban J connectivity index is 1.41. The number of halogens is 4. The summed E-state index contributed by atoms with van der Waals surface area (Å²) in [4.78, 5) is 24.8. The molecule has 0 spiro atoms. The molecule has 1 aromatic carbocycles. The normalized spacial score (nSPS) is 17.8. The number of rotatable bonds is 3. The molecule has 1 unspecified atom stereocenters. The molecule has 188 valence electrons. The quantitative estimate of drug-likeness (QED) is 0.463. The summed E-state index contributed by atoms with van der Waals surface area (Å²) in [6, 6.07) is 11.6. The lowest BCUT2D eigenvalue weighted by Crippen LogP contribution is -2.36. The predicted octanol–water partition coefficient (Wildman–Crippen LogP) is 5.53. The van der Waals surface area contributed by atoms with Crippen LogP contribution in [0.3, 0.4) is 0 Å². The minimum absolute atomic E-state index is 0.0708. The highest BCUT2D eigenvalue weighted by Gasteiger charge is 2.43. The summed E-state index contributed by atoms with van der Waals surface area (Å²) < 4.78 is 53.0. The molecule has 1 fully saturated rings. The minimum atomic E-state index is -4.20. The molecule has 1 atom stereocenters. The van der Waals surface area contributed by atoms with E-state index in [-0.39, 0.29) is 18.7 Å². The van der Waals surface area contributed by atoms with E-state index in [1.165, 1.54) is 17.2 Å². The van der Waals surface area contributed by atoms with Crippen LogP contribution in [0.5, 0.6) is 0 Å². The smallest absolute Gasteiger partial charge is 0.382 e. The van der Waals surface area contributed by atoms with Gasteiger partial charge in [-0.1, -0.05) is 12.1 Å². The second kappa shape index (κ2) is 9.63. The minimum Gasteiger partial charge on any atom is -0.382 e. The zero-order valence-corrected chi connectivity index (χ0v) is 19.2. The first-order valence-corrected chi connectivity index (χ1v) is 11.6. The Morgan fingerprint density at radius 1 is 1.11 bits per heavy atom. The molecule has 3 aromatic rings. The maximum absolute atomic E-state index is 13.5. The number of hydrogen-bond acceptors (Lipinski definition) is 5. The van der Waals surface area contributed by atoms with Crippen molar-refractivity contribution in [3.05, 3.63) is 60.7 Å². The van der Waals surface area contributed by atoms with Gasteiger partial charge >= 0.3 is 12.2 Å². The van der Waals surface area contributed by atoms with Crippen molar-refractivity contribution in [2.75, 3.05) is 46.6 Å². The second-order valence-electron chi connectivity index (χ2n) is 8.85. The number of alkyl halides is 3. The Morgan fingerprint density at radius 2 is 1.97 bits per heavy atom. The zero-order valence-electron chi connectivity index (χ0n) is 19.2. The number of pyridine rings is 2. The van der Waals surface area contributed by atoms with E-state index in [2.05, 4.69) is 15.6 Å². The molecule has 2 aromatic heterocycles. The summed E-state index contributed by atoms with van der Waals surface area (Å²) in [6.07, 6.45) is -1.06. The summed E-state index contributed by atoms with van der Waals surface area (Å²) in [5, 5.41) is 5.93. The van der Waals surface area contributed by atoms with Crippen LogP contribution in [0.1, 0.15) is 12.8 Å². The molecule has 0 radical (unpaired) electrons. The van der Waals surface area contributed by atoms with E-state index >= 15 is 0 Å². The van der Waals surface area contributed by atoms with Crippen molar-refractivity contribution in [1.82, 2.24) is 9.97 Å². The van der Waals surface area contributed by atoms with E-state index in [0.29, 0.717) is 48.9 Å². The van der Waals surface area contributed by atoms with Gasteiger partial charge in [0.25, 0.3) is 0 Å². The fourth-order valence-electron chi connectivity index (χ4n) is 4.51. The van der Waals surface area contributed by atoms with Gasteiger partial charge in [0, 0.05) is 43.5 Å². The van der Waals surface area contributed by atoms with E-state index in [9.17, 15) is 22.4 Å². The molecule has 0 bridgehead atoms. The molecule has 0 saturated carbocycles. The molecule has 1 saturated heterocycles. The maximum Gasteiger partial charge on any atom is 0.393 e. The Bertz CT molecular complexity index is 1270. The third kappa shape index (κ3) is 5.05. The van der Waals surface area contributed by atoms with Gasteiger partial charge in [-0.25, -0.2) is 14.2 Å². The van der Waals surface area contributed by atoms with Crippen LogP contribution in [-0.2, 0) is 0 Å². The molecule has 2 aliphatic heterocycles. The summed E-state index contributed by atoms with van der Waals surface area (Å²) in [6.45, 7) is 1.29. The summed E-state index contributed by atoms with van der Waals surface area (Å²) >= 11 is 0. The van der Waals surface area contributed by atoms with Crippen LogP contribution < -0.4 is 20.4 Å². The van der Waals surface area contributed by atoms with Crippen LogP contribution in [0, 0.1) is 11.7 Å². The molecule has 7 nitrogen and oxygen atoms in total. The average molecular weight is 501 g/mol. The van der Waals surface area contributed by atoms with E-state index in [1.807, 2.05) is 24.3 Å². The Labute approximate surface area is 205 Å². The number of amides is 2. The van der Waals surface area contributed by atoms with Crippen molar-refractivity contribution in [1.29, 1.82) is 0 Å². The third-order valence-corrected chi connectivity index (χ3v) is 6.36. The fourth-order valence-corrected chi connectivity index (χ4v) is 4.51. The van der Waals surface area contributed by atoms with Gasteiger partial charge in [-0.2, -0.15) is 13.2 Å². The number of carbonyl (C=O) groups excluding carboxylic acids is 1. The molecule has 2 amide bonds. The number of hydrogen-bond donors (Lipinski definition) is 2. The Kier molecular flexibility index (Phi) is 6.38. The lowest BCUT2D eigenvalue weighted by Gasteiger charge is -2.23. The zero-order chi connectivity index (χ0) is 25.3. The van der Waals surface area contributed by atoms with Gasteiger partial charge in [0.2, 0.25) is 0 Å². The van der Waals surface area contributed by atoms with Gasteiger partial charge in [-0.05, 0) is 37.1 Å². The highest BCUT2D eigenvalue weighted by molar-refractivity contribution is 6.03. The van der Waals surface area contributed by atoms with Gasteiger partial charge in [-0.15, -0.1) is 0 Å². The number of fused-ring (bicyclic) bond motifs is 1. The lowest BCUT2D eigenvalue weighted by molar-refractivity contribution is -0.168. The number of urea groups is 1. The molecule has 2 aliphatic rings. The molecular weight excluding hydrogens is 476 g/mol. The van der Waals surface area contributed by atoms with E-state index in [4.69, 9.17) is 4.98 Å². The Morgan fingerprint density at radius 3 is 2.75 bits per heavy atom. The van der Waals surface area contributed by atoms with Gasteiger partial charge in [-0.3, -0.25) is 9.88 Å². The summed E-state index contributed by atoms with van der Waals surface area (Å²) in [5.41, 5.74) is 2.90. The molecule has 11 heteroatoms. The van der Waals surface area contributed by atoms with E-state index in [1.54, 1.807) is 17.0 Å². The maximum atomic E-state index is 13.5. The van der Waals surface area contributed by atoms with Crippen molar-refractivity contribution < 1.29 is 22.4 Å². The predicted molar refractivity (Wildman–Crippen MR) is 130 cm³/mol. The van der Waals surface area contributed by atoms with Gasteiger partial charge in [0.05, 0.1) is 35.4 Å². The number of nitrogens with one attached hydrogen (secondary N) is 2. The number of benzene rings is 1. The van der Waals surface area contributed by atoms with Crippen LogP contribution in [0.4, 0.5) is 45.2 Å². The Hall–Kier alpha value is -3.89. The van der Waals surface area contributed by atoms with Crippen molar-refractivity contribution in [2.24, 2.45) is 5.92 Å². The molecule has 0 aliphatic carbocycles. The first-order chi connectivity index (χ1) is 17.3. The second-order valence-corrected chi connectivity index (χ2v) is 8.85. The van der Waals surface area contributed by atoms with Crippen molar-refractivity contribution >= 4 is 28.9 Å². The van der Waals surface area contributed by atoms with Crippen LogP contribution >= 0.6 is 0 Å². The van der Waals surface area contributed by atoms with E-state index in [0.717, 1.165) is 11.8 Å². The van der Waals surface area contributed by atoms with Gasteiger partial charge < -0.3 is 15.5 Å². The number of anilines is 4. The molecular formula is C25H24F4N6O. The van der Waals surface area contributed by atoms with Crippen LogP contribution in [0.15, 0.2) is 54.9 Å². The van der Waals surface area contributed by atoms with Crippen molar-refractivity contribution in [3.63, 3.8) is 0 Å². The fraction of sp³-hybridized carbons (Fsp3) is 0.320. The molecule has 2 N–H and O–H groups in total. The average Bonchev–Trinajstić information content (AvgIpc) is 3.26. The van der Waals surface area contributed by atoms with E-state index < -0.39 is 23.9 Å². The van der Waals surface area contributed by atoms with Gasteiger partial charge in [0.15, 0.2) is 5.82 Å². The van der Waals surface area contributed by atoms with Crippen LogP contribution in [0.2, 0.25) is 0 Å². The molecule has 36 heavy (non-hydrogen) atoms.